The van der Waals surface area contributed by atoms with Crippen molar-refractivity contribution in [3.63, 3.8) is 0 Å². The maximum absolute atomic E-state index is 5.86. The average Bonchev–Trinajstić information content (AvgIpc) is 2.39. The molecule has 2 rings (SSSR count). The molecule has 0 bridgehead atoms. The predicted octanol–water partition coefficient (Wildman–Crippen LogP) is 1.44. The second-order valence-electron chi connectivity index (χ2n) is 4.84. The molecular weight excluding hydrogens is 228 g/mol. The smallest absolute Gasteiger partial charge is 0.228 e. The molecule has 0 spiro atoms. The largest absolute Gasteiger partial charge is 0.478 e. The Balaban J connectivity index is 2.16. The van der Waals surface area contributed by atoms with Crippen LogP contribution in [-0.2, 0) is 0 Å². The molecule has 0 amide bonds. The van der Waals surface area contributed by atoms with E-state index in [1.54, 1.807) is 12.3 Å². The Morgan fingerprint density at radius 2 is 2.39 bits per heavy atom. The highest BCUT2D eigenvalue weighted by molar-refractivity contribution is 5.34. The van der Waals surface area contributed by atoms with Crippen molar-refractivity contribution in [2.24, 2.45) is 11.7 Å². The standard InChI is InChI=1S/C13H22N4O/c1-3-18-12-4-6-15-13(16-12)17-7-5-10(2)8-11(17)9-14/h4,6,10-11H,3,5,7-9,14H2,1-2H3. The molecule has 0 radical (unpaired) electrons. The highest BCUT2D eigenvalue weighted by Crippen LogP contribution is 2.25. The summed E-state index contributed by atoms with van der Waals surface area (Å²) in [5, 5.41) is 0. The lowest BCUT2D eigenvalue weighted by atomic mass is 9.93. The van der Waals surface area contributed by atoms with E-state index < -0.39 is 0 Å². The number of nitrogens with zero attached hydrogens (tertiary/aromatic N) is 3. The Morgan fingerprint density at radius 1 is 1.56 bits per heavy atom. The third-order valence-electron chi connectivity index (χ3n) is 3.42. The lowest BCUT2D eigenvalue weighted by Gasteiger charge is -2.37. The summed E-state index contributed by atoms with van der Waals surface area (Å²) < 4.78 is 5.42. The summed E-state index contributed by atoms with van der Waals surface area (Å²) in [6.45, 7) is 6.46. The van der Waals surface area contributed by atoms with Crippen molar-refractivity contribution < 1.29 is 4.74 Å². The Kier molecular flexibility index (Phi) is 4.36. The summed E-state index contributed by atoms with van der Waals surface area (Å²) in [5.74, 6) is 2.10. The second-order valence-corrected chi connectivity index (χ2v) is 4.84. The number of aromatic nitrogens is 2. The van der Waals surface area contributed by atoms with Gasteiger partial charge in [0, 0.05) is 31.4 Å². The first-order valence-corrected chi connectivity index (χ1v) is 6.67. The van der Waals surface area contributed by atoms with E-state index in [0.717, 1.165) is 24.8 Å². The summed E-state index contributed by atoms with van der Waals surface area (Å²) in [6.07, 6.45) is 4.02. The minimum absolute atomic E-state index is 0.339. The van der Waals surface area contributed by atoms with Gasteiger partial charge in [0.05, 0.1) is 6.61 Å². The van der Waals surface area contributed by atoms with Gasteiger partial charge in [0.1, 0.15) is 0 Å². The van der Waals surface area contributed by atoms with Gasteiger partial charge in [-0.3, -0.25) is 0 Å². The number of hydrogen-bond donors (Lipinski definition) is 1. The molecule has 18 heavy (non-hydrogen) atoms. The summed E-state index contributed by atoms with van der Waals surface area (Å²) in [4.78, 5) is 11.0. The van der Waals surface area contributed by atoms with E-state index in [1.807, 2.05) is 6.92 Å². The molecule has 5 nitrogen and oxygen atoms in total. The highest BCUT2D eigenvalue weighted by Gasteiger charge is 2.27. The van der Waals surface area contributed by atoms with Crippen molar-refractivity contribution in [1.82, 2.24) is 9.97 Å². The van der Waals surface area contributed by atoms with Gasteiger partial charge < -0.3 is 15.4 Å². The number of hydrogen-bond acceptors (Lipinski definition) is 5. The molecule has 1 saturated heterocycles. The van der Waals surface area contributed by atoms with Crippen LogP contribution in [0.2, 0.25) is 0 Å². The first-order chi connectivity index (χ1) is 8.74. The Bertz CT molecular complexity index is 385. The molecule has 1 aromatic rings. The number of rotatable bonds is 4. The minimum atomic E-state index is 0.339. The van der Waals surface area contributed by atoms with Gasteiger partial charge in [-0.1, -0.05) is 6.92 Å². The number of ether oxygens (including phenoxy) is 1. The van der Waals surface area contributed by atoms with Crippen LogP contribution in [0.3, 0.4) is 0 Å². The van der Waals surface area contributed by atoms with Crippen LogP contribution in [0.25, 0.3) is 0 Å². The van der Waals surface area contributed by atoms with Crippen molar-refractivity contribution in [3.8, 4) is 5.88 Å². The monoisotopic (exact) mass is 250 g/mol. The zero-order chi connectivity index (χ0) is 13.0. The molecule has 1 aliphatic heterocycles. The topological polar surface area (TPSA) is 64.3 Å². The Hall–Kier alpha value is -1.36. The number of anilines is 1. The van der Waals surface area contributed by atoms with Crippen LogP contribution in [0, 0.1) is 5.92 Å². The third-order valence-corrected chi connectivity index (χ3v) is 3.42. The van der Waals surface area contributed by atoms with Crippen molar-refractivity contribution in [1.29, 1.82) is 0 Å². The van der Waals surface area contributed by atoms with Crippen molar-refractivity contribution >= 4 is 5.95 Å². The van der Waals surface area contributed by atoms with Crippen LogP contribution < -0.4 is 15.4 Å². The van der Waals surface area contributed by atoms with Crippen LogP contribution in [-0.4, -0.2) is 35.7 Å². The Morgan fingerprint density at radius 3 is 3.11 bits per heavy atom. The SMILES string of the molecule is CCOc1ccnc(N2CCC(C)CC2CN)n1. The first-order valence-electron chi connectivity index (χ1n) is 6.67. The molecule has 5 heteroatoms. The van der Waals surface area contributed by atoms with E-state index in [-0.39, 0.29) is 0 Å². The van der Waals surface area contributed by atoms with Crippen LogP contribution in [0.4, 0.5) is 5.95 Å². The second kappa shape index (κ2) is 6.00. The maximum atomic E-state index is 5.86. The van der Waals surface area contributed by atoms with Crippen LogP contribution in [0.15, 0.2) is 12.3 Å². The van der Waals surface area contributed by atoms with Gasteiger partial charge in [0.2, 0.25) is 11.8 Å². The molecule has 100 valence electrons. The molecule has 2 unspecified atom stereocenters. The first kappa shape index (κ1) is 13.1. The van der Waals surface area contributed by atoms with E-state index in [1.165, 1.54) is 6.42 Å². The summed E-state index contributed by atoms with van der Waals surface area (Å²) in [6, 6.07) is 2.13. The van der Waals surface area contributed by atoms with Gasteiger partial charge in [0.25, 0.3) is 0 Å². The van der Waals surface area contributed by atoms with Crippen LogP contribution in [0.5, 0.6) is 5.88 Å². The zero-order valence-corrected chi connectivity index (χ0v) is 11.2. The van der Waals surface area contributed by atoms with Gasteiger partial charge in [-0.2, -0.15) is 4.98 Å². The highest BCUT2D eigenvalue weighted by atomic mass is 16.5. The maximum Gasteiger partial charge on any atom is 0.228 e. The third kappa shape index (κ3) is 2.90. The fourth-order valence-corrected chi connectivity index (χ4v) is 2.44. The van der Waals surface area contributed by atoms with Gasteiger partial charge in [-0.15, -0.1) is 0 Å². The van der Waals surface area contributed by atoms with Gasteiger partial charge >= 0.3 is 0 Å². The molecule has 1 aliphatic rings. The molecule has 1 aromatic heterocycles. The zero-order valence-electron chi connectivity index (χ0n) is 11.2. The fourth-order valence-electron chi connectivity index (χ4n) is 2.44. The van der Waals surface area contributed by atoms with Crippen molar-refractivity contribution in [2.45, 2.75) is 32.7 Å². The van der Waals surface area contributed by atoms with Crippen molar-refractivity contribution in [3.05, 3.63) is 12.3 Å². The van der Waals surface area contributed by atoms with E-state index in [9.17, 15) is 0 Å². The number of piperidine rings is 1. The molecule has 1 fully saturated rings. The molecular formula is C13H22N4O. The summed E-state index contributed by atoms with van der Waals surface area (Å²) in [7, 11) is 0. The summed E-state index contributed by atoms with van der Waals surface area (Å²) in [5.41, 5.74) is 5.86. The lowest BCUT2D eigenvalue weighted by molar-refractivity contribution is 0.323. The van der Waals surface area contributed by atoms with Crippen LogP contribution >= 0.6 is 0 Å². The molecule has 0 aliphatic carbocycles. The van der Waals surface area contributed by atoms with Crippen molar-refractivity contribution in [2.75, 3.05) is 24.6 Å². The average molecular weight is 250 g/mol. The molecule has 0 aromatic carbocycles. The van der Waals surface area contributed by atoms with Gasteiger partial charge in [-0.25, -0.2) is 4.98 Å². The quantitative estimate of drug-likeness (QED) is 0.876. The number of nitrogens with two attached hydrogens (primary N) is 1. The van der Waals surface area contributed by atoms with E-state index in [4.69, 9.17) is 10.5 Å². The molecule has 2 heterocycles. The fraction of sp³-hybridized carbons (Fsp3) is 0.692. The molecule has 2 N–H and O–H groups in total. The minimum Gasteiger partial charge on any atom is -0.478 e. The van der Waals surface area contributed by atoms with E-state index >= 15 is 0 Å². The summed E-state index contributed by atoms with van der Waals surface area (Å²) >= 11 is 0. The Labute approximate surface area is 108 Å². The molecule has 2 atom stereocenters. The lowest BCUT2D eigenvalue weighted by Crippen LogP contribution is -2.47. The van der Waals surface area contributed by atoms with Crippen LogP contribution in [0.1, 0.15) is 26.7 Å². The van der Waals surface area contributed by atoms with Gasteiger partial charge in [-0.05, 0) is 25.7 Å². The van der Waals surface area contributed by atoms with E-state index in [2.05, 4.69) is 21.8 Å². The van der Waals surface area contributed by atoms with E-state index in [0.29, 0.717) is 25.1 Å². The predicted molar refractivity (Wildman–Crippen MR) is 71.8 cm³/mol. The molecule has 0 saturated carbocycles. The van der Waals surface area contributed by atoms with Gasteiger partial charge in [0.15, 0.2) is 0 Å². The normalized spacial score (nSPS) is 24.1.